The number of nitrogens with two attached hydrogens (primary N) is 1. The molecule has 0 aromatic carbocycles. The lowest BCUT2D eigenvalue weighted by atomic mass is 10.0. The highest BCUT2D eigenvalue weighted by Gasteiger charge is 2.27. The summed E-state index contributed by atoms with van der Waals surface area (Å²) in [7, 11) is 0. The topological polar surface area (TPSA) is 121 Å². The smallest absolute Gasteiger partial charge is 0.280 e. The Balaban J connectivity index is 1.99. The lowest BCUT2D eigenvalue weighted by molar-refractivity contribution is 0.100. The molecule has 0 aliphatic heterocycles. The maximum atomic E-state index is 13.7. The Labute approximate surface area is 201 Å². The van der Waals surface area contributed by atoms with Crippen molar-refractivity contribution in [1.82, 2.24) is 24.5 Å². The van der Waals surface area contributed by atoms with E-state index in [-0.39, 0.29) is 26.1 Å². The summed E-state index contributed by atoms with van der Waals surface area (Å²) in [5.41, 5.74) is 6.93. The van der Waals surface area contributed by atoms with Crippen LogP contribution in [0.1, 0.15) is 51.8 Å². The second-order valence-corrected chi connectivity index (χ2v) is 8.72. The monoisotopic (exact) mass is 507 g/mol. The van der Waals surface area contributed by atoms with Crippen LogP contribution in [0.5, 0.6) is 0 Å². The lowest BCUT2D eigenvalue weighted by Gasteiger charge is -2.12. The van der Waals surface area contributed by atoms with E-state index in [1.54, 1.807) is 24.7 Å². The number of aromatic nitrogens is 5. The number of primary amides is 1. The summed E-state index contributed by atoms with van der Waals surface area (Å²) in [4.78, 5) is 29.6. The van der Waals surface area contributed by atoms with Gasteiger partial charge in [0.2, 0.25) is 0 Å². The van der Waals surface area contributed by atoms with Gasteiger partial charge in [0.15, 0.2) is 0 Å². The molecule has 178 valence electrons. The Morgan fingerprint density at radius 2 is 1.85 bits per heavy atom. The van der Waals surface area contributed by atoms with Gasteiger partial charge in [-0.25, -0.2) is 13.8 Å². The molecule has 9 nitrogen and oxygen atoms in total. The van der Waals surface area contributed by atoms with Crippen LogP contribution in [-0.2, 0) is 13.1 Å². The van der Waals surface area contributed by atoms with E-state index < -0.39 is 23.9 Å². The molecule has 2 amide bonds. The number of hydrogen-bond acceptors (Lipinski definition) is 6. The number of carbonyl (C=O) groups is 2. The molecule has 4 heterocycles. The van der Waals surface area contributed by atoms with Crippen molar-refractivity contribution < 1.29 is 18.4 Å². The van der Waals surface area contributed by atoms with Crippen molar-refractivity contribution in [3.05, 3.63) is 45.4 Å². The molecule has 0 atom stereocenters. The van der Waals surface area contributed by atoms with Gasteiger partial charge in [-0.05, 0) is 32.4 Å². The summed E-state index contributed by atoms with van der Waals surface area (Å²) in [6.07, 6.45) is 0.0454. The molecule has 0 fully saturated rings. The number of amides is 2. The zero-order valence-electron chi connectivity index (χ0n) is 18.4. The molecule has 4 aromatic heterocycles. The van der Waals surface area contributed by atoms with Crippen LogP contribution >= 0.6 is 22.9 Å². The van der Waals surface area contributed by atoms with E-state index in [4.69, 9.17) is 17.3 Å². The number of nitrogens with zero attached hydrogens (tertiary/aromatic N) is 5. The number of anilines is 1. The number of fused-ring (bicyclic) bond motifs is 1. The highest BCUT2D eigenvalue weighted by atomic mass is 35.5. The SMILES string of the molecule is CCn1ncc(-c2cc(C(F)F)nc3sc(C(N)=O)c(NC(=O)c4c(Cl)cnn4CC)c23)c1C. The van der Waals surface area contributed by atoms with Crippen molar-refractivity contribution >= 4 is 50.7 Å². The Hall–Kier alpha value is -3.38. The van der Waals surface area contributed by atoms with Crippen molar-refractivity contribution in [1.29, 1.82) is 0 Å². The number of alkyl halides is 2. The number of pyridine rings is 1. The number of thiophene rings is 1. The standard InChI is InChI=1S/C21H20ClF2N7O2S/c1-4-30-9(3)11(7-26-30)10-6-13(18(23)24)28-21-14(10)15(17(34-21)19(25)32)29-20(33)16-12(22)8-27-31(16)5-2/h6-8,18H,4-5H2,1-3H3,(H2,25,32)(H,29,33). The summed E-state index contributed by atoms with van der Waals surface area (Å²) in [6, 6.07) is 1.24. The van der Waals surface area contributed by atoms with Gasteiger partial charge in [-0.15, -0.1) is 11.3 Å². The second-order valence-electron chi connectivity index (χ2n) is 7.32. The van der Waals surface area contributed by atoms with Crippen molar-refractivity contribution in [2.45, 2.75) is 40.3 Å². The summed E-state index contributed by atoms with van der Waals surface area (Å²) >= 11 is 6.99. The third kappa shape index (κ3) is 3.92. The number of hydrogen-bond donors (Lipinski definition) is 2. The molecule has 0 aliphatic carbocycles. The van der Waals surface area contributed by atoms with Crippen molar-refractivity contribution in [2.75, 3.05) is 5.32 Å². The van der Waals surface area contributed by atoms with Gasteiger partial charge in [0.1, 0.15) is 21.1 Å². The first-order chi connectivity index (χ1) is 16.2. The quantitative estimate of drug-likeness (QED) is 0.377. The fourth-order valence-electron chi connectivity index (χ4n) is 3.76. The predicted molar refractivity (Wildman–Crippen MR) is 126 cm³/mol. The fourth-order valence-corrected chi connectivity index (χ4v) is 5.01. The molecule has 3 N–H and O–H groups in total. The van der Waals surface area contributed by atoms with Gasteiger partial charge in [-0.1, -0.05) is 11.6 Å². The van der Waals surface area contributed by atoms with Crippen LogP contribution in [0.15, 0.2) is 18.5 Å². The van der Waals surface area contributed by atoms with E-state index in [0.29, 0.717) is 29.6 Å². The third-order valence-electron chi connectivity index (χ3n) is 5.37. The van der Waals surface area contributed by atoms with Gasteiger partial charge < -0.3 is 11.1 Å². The first kappa shape index (κ1) is 23.8. The molecular weight excluding hydrogens is 488 g/mol. The van der Waals surface area contributed by atoms with Gasteiger partial charge in [0.05, 0.1) is 23.1 Å². The molecule has 0 saturated carbocycles. The van der Waals surface area contributed by atoms with Crippen LogP contribution < -0.4 is 11.1 Å². The number of aryl methyl sites for hydroxylation is 2. The highest BCUT2D eigenvalue weighted by molar-refractivity contribution is 7.21. The first-order valence-corrected chi connectivity index (χ1v) is 11.5. The largest absolute Gasteiger partial charge is 0.365 e. The van der Waals surface area contributed by atoms with E-state index in [1.807, 2.05) is 6.92 Å². The van der Waals surface area contributed by atoms with Crippen LogP contribution in [0.2, 0.25) is 5.02 Å². The molecule has 0 bridgehead atoms. The first-order valence-electron chi connectivity index (χ1n) is 10.3. The summed E-state index contributed by atoms with van der Waals surface area (Å²) < 4.78 is 30.5. The number of rotatable bonds is 7. The van der Waals surface area contributed by atoms with Crippen LogP contribution in [0.25, 0.3) is 21.3 Å². The molecular formula is C21H20ClF2N7O2S. The minimum Gasteiger partial charge on any atom is -0.365 e. The number of nitrogens with one attached hydrogen (secondary N) is 1. The molecule has 0 unspecified atom stereocenters. The minimum absolute atomic E-state index is 0.0252. The Kier molecular flexibility index (Phi) is 6.36. The fraction of sp³-hybridized carbons (Fsp3) is 0.286. The second kappa shape index (κ2) is 9.11. The van der Waals surface area contributed by atoms with E-state index in [1.165, 1.54) is 16.9 Å². The van der Waals surface area contributed by atoms with Gasteiger partial charge in [-0.3, -0.25) is 19.0 Å². The summed E-state index contributed by atoms with van der Waals surface area (Å²) in [5.74, 6) is -1.46. The Morgan fingerprint density at radius 1 is 1.18 bits per heavy atom. The van der Waals surface area contributed by atoms with Gasteiger partial charge in [0.25, 0.3) is 18.2 Å². The van der Waals surface area contributed by atoms with Crippen LogP contribution in [0, 0.1) is 6.92 Å². The average Bonchev–Trinajstić information content (AvgIpc) is 3.47. The summed E-state index contributed by atoms with van der Waals surface area (Å²) in [5, 5.41) is 11.5. The van der Waals surface area contributed by atoms with E-state index >= 15 is 0 Å². The minimum atomic E-state index is -2.85. The zero-order chi connectivity index (χ0) is 24.7. The maximum absolute atomic E-state index is 13.7. The molecule has 0 radical (unpaired) electrons. The van der Waals surface area contributed by atoms with Crippen LogP contribution in [0.4, 0.5) is 14.5 Å². The maximum Gasteiger partial charge on any atom is 0.280 e. The molecule has 34 heavy (non-hydrogen) atoms. The Bertz CT molecular complexity index is 1430. The average molecular weight is 508 g/mol. The molecule has 0 spiro atoms. The van der Waals surface area contributed by atoms with Gasteiger partial charge >= 0.3 is 0 Å². The molecule has 4 rings (SSSR count). The zero-order valence-corrected chi connectivity index (χ0v) is 20.0. The number of carbonyl (C=O) groups excluding carboxylic acids is 2. The van der Waals surface area contributed by atoms with Crippen molar-refractivity contribution in [2.24, 2.45) is 5.73 Å². The normalized spacial score (nSPS) is 11.5. The number of halogens is 3. The van der Waals surface area contributed by atoms with Crippen LogP contribution in [-0.4, -0.2) is 36.4 Å². The van der Waals surface area contributed by atoms with E-state index in [2.05, 4.69) is 20.5 Å². The summed E-state index contributed by atoms with van der Waals surface area (Å²) in [6.45, 7) is 6.44. The van der Waals surface area contributed by atoms with Crippen molar-refractivity contribution in [3.8, 4) is 11.1 Å². The Morgan fingerprint density at radius 3 is 2.44 bits per heavy atom. The van der Waals surface area contributed by atoms with Crippen LogP contribution in [0.3, 0.4) is 0 Å². The van der Waals surface area contributed by atoms with Gasteiger partial charge in [0, 0.05) is 29.7 Å². The van der Waals surface area contributed by atoms with E-state index in [9.17, 15) is 18.4 Å². The molecule has 4 aromatic rings. The van der Waals surface area contributed by atoms with Gasteiger partial charge in [-0.2, -0.15) is 10.2 Å². The molecule has 0 aliphatic rings. The molecule has 13 heteroatoms. The third-order valence-corrected chi connectivity index (χ3v) is 6.74. The molecule has 0 saturated heterocycles. The highest BCUT2D eigenvalue weighted by Crippen LogP contribution is 2.43. The van der Waals surface area contributed by atoms with E-state index in [0.717, 1.165) is 17.0 Å². The lowest BCUT2D eigenvalue weighted by Crippen LogP contribution is -2.20. The van der Waals surface area contributed by atoms with Crippen molar-refractivity contribution in [3.63, 3.8) is 0 Å². The predicted octanol–water partition coefficient (Wildman–Crippen LogP) is 4.65.